The molecule has 2 unspecified atom stereocenters. The molecule has 0 spiro atoms. The third-order valence-electron chi connectivity index (χ3n) is 6.75. The monoisotopic (exact) mass is 456 g/mol. The molecule has 2 aliphatic carbocycles. The molecule has 32 heavy (non-hydrogen) atoms. The van der Waals surface area contributed by atoms with Crippen LogP contribution in [0.2, 0.25) is 5.02 Å². The van der Waals surface area contributed by atoms with E-state index in [4.69, 9.17) is 17.3 Å². The predicted molar refractivity (Wildman–Crippen MR) is 125 cm³/mol. The molecule has 0 amide bonds. The van der Waals surface area contributed by atoms with Crippen LogP contribution in [0.4, 0.5) is 13.2 Å². The molecule has 0 saturated carbocycles. The second kappa shape index (κ2) is 8.13. The number of nitrogens with one attached hydrogen (secondary N) is 1. The first-order valence-electron chi connectivity index (χ1n) is 10.9. The molecule has 3 aliphatic rings. The molecule has 1 aliphatic heterocycles. The van der Waals surface area contributed by atoms with Crippen LogP contribution in [0.25, 0.3) is 22.0 Å². The lowest BCUT2D eigenvalue weighted by molar-refractivity contribution is -0.144. The van der Waals surface area contributed by atoms with Crippen molar-refractivity contribution < 1.29 is 13.2 Å². The van der Waals surface area contributed by atoms with Crippen LogP contribution >= 0.6 is 11.6 Å². The number of benzene rings is 2. The van der Waals surface area contributed by atoms with Crippen LogP contribution in [0.5, 0.6) is 0 Å². The van der Waals surface area contributed by atoms with E-state index in [0.29, 0.717) is 17.9 Å². The molecule has 1 heterocycles. The van der Waals surface area contributed by atoms with E-state index >= 15 is 0 Å². The average molecular weight is 457 g/mol. The molecule has 6 heteroatoms. The second-order valence-corrected chi connectivity index (χ2v) is 9.22. The van der Waals surface area contributed by atoms with Crippen molar-refractivity contribution >= 4 is 33.6 Å². The molecule has 0 aromatic heterocycles. The van der Waals surface area contributed by atoms with E-state index in [9.17, 15) is 13.2 Å². The standard InChI is InChI=1S/C26H24ClF3N2/c27-22-10-9-18(24-4-2-1-3-11-32-24)20-7-5-16-19(25(20)22)8-6-17-21(16)12-15(13-23(17)31)14-26(28,29)30/h1-5,7,9-11,15,23,32H,6,8,12-14,31H2. The number of halogens is 4. The van der Waals surface area contributed by atoms with Crippen molar-refractivity contribution in [3.05, 3.63) is 82.1 Å². The third-order valence-corrected chi connectivity index (χ3v) is 7.07. The van der Waals surface area contributed by atoms with Crippen molar-refractivity contribution in [2.24, 2.45) is 11.7 Å². The van der Waals surface area contributed by atoms with Crippen LogP contribution in [-0.2, 0) is 6.42 Å². The quantitative estimate of drug-likeness (QED) is 0.516. The maximum Gasteiger partial charge on any atom is 0.389 e. The van der Waals surface area contributed by atoms with E-state index in [0.717, 1.165) is 57.1 Å². The topological polar surface area (TPSA) is 38.0 Å². The zero-order chi connectivity index (χ0) is 22.5. The number of hydrogen-bond donors (Lipinski definition) is 2. The highest BCUT2D eigenvalue weighted by molar-refractivity contribution is 6.36. The summed E-state index contributed by atoms with van der Waals surface area (Å²) < 4.78 is 39.3. The predicted octanol–water partition coefficient (Wildman–Crippen LogP) is 6.90. The van der Waals surface area contributed by atoms with E-state index < -0.39 is 18.5 Å². The van der Waals surface area contributed by atoms with Gasteiger partial charge in [-0.15, -0.1) is 0 Å². The lowest BCUT2D eigenvalue weighted by Crippen LogP contribution is -2.34. The number of nitrogens with two attached hydrogens (primary N) is 1. The van der Waals surface area contributed by atoms with Gasteiger partial charge in [-0.3, -0.25) is 0 Å². The highest BCUT2D eigenvalue weighted by Crippen LogP contribution is 2.47. The first kappa shape index (κ1) is 21.4. The Bertz CT molecular complexity index is 1200. The summed E-state index contributed by atoms with van der Waals surface area (Å²) in [6.45, 7) is 0. The lowest BCUT2D eigenvalue weighted by Gasteiger charge is -2.36. The van der Waals surface area contributed by atoms with Crippen LogP contribution < -0.4 is 11.1 Å². The minimum atomic E-state index is -4.18. The van der Waals surface area contributed by atoms with Crippen LogP contribution in [0, 0.1) is 5.92 Å². The molecule has 2 aromatic rings. The zero-order valence-corrected chi connectivity index (χ0v) is 18.2. The summed E-state index contributed by atoms with van der Waals surface area (Å²) in [6, 6.07) is 7.70. The van der Waals surface area contributed by atoms with Gasteiger partial charge in [0, 0.05) is 40.3 Å². The second-order valence-electron chi connectivity index (χ2n) is 8.81. The van der Waals surface area contributed by atoms with Gasteiger partial charge in [-0.2, -0.15) is 13.2 Å². The number of fused-ring (bicyclic) bond motifs is 4. The van der Waals surface area contributed by atoms with Crippen LogP contribution in [0.3, 0.4) is 0 Å². The van der Waals surface area contributed by atoms with Gasteiger partial charge in [-0.05, 0) is 77.5 Å². The Morgan fingerprint density at radius 1 is 1.03 bits per heavy atom. The molecule has 166 valence electrons. The summed E-state index contributed by atoms with van der Waals surface area (Å²) in [5.41, 5.74) is 12.6. The van der Waals surface area contributed by atoms with Crippen molar-refractivity contribution in [3.8, 4) is 0 Å². The summed E-state index contributed by atoms with van der Waals surface area (Å²) in [7, 11) is 0. The first-order chi connectivity index (χ1) is 15.3. The Morgan fingerprint density at radius 3 is 2.66 bits per heavy atom. The highest BCUT2D eigenvalue weighted by Gasteiger charge is 2.38. The van der Waals surface area contributed by atoms with Gasteiger partial charge < -0.3 is 11.1 Å². The van der Waals surface area contributed by atoms with Gasteiger partial charge in [-0.25, -0.2) is 0 Å². The van der Waals surface area contributed by atoms with Crippen molar-refractivity contribution in [2.75, 3.05) is 0 Å². The van der Waals surface area contributed by atoms with Crippen molar-refractivity contribution in [2.45, 2.75) is 44.3 Å². The molecule has 2 nitrogen and oxygen atoms in total. The van der Waals surface area contributed by atoms with Gasteiger partial charge in [-0.1, -0.05) is 42.0 Å². The van der Waals surface area contributed by atoms with E-state index in [2.05, 4.69) is 11.4 Å². The number of alkyl halides is 3. The summed E-state index contributed by atoms with van der Waals surface area (Å²) in [6.07, 6.45) is 7.18. The first-order valence-corrected chi connectivity index (χ1v) is 11.3. The van der Waals surface area contributed by atoms with E-state index in [1.807, 2.05) is 48.7 Å². The summed E-state index contributed by atoms with van der Waals surface area (Å²) in [5, 5.41) is 6.00. The molecule has 3 N–H and O–H groups in total. The Balaban J connectivity index is 1.63. The van der Waals surface area contributed by atoms with E-state index in [1.54, 1.807) is 0 Å². The third kappa shape index (κ3) is 3.89. The number of rotatable bonds is 2. The fourth-order valence-electron chi connectivity index (χ4n) is 5.47. The molecule has 5 rings (SSSR count). The normalized spacial score (nSPS) is 22.8. The Labute approximate surface area is 190 Å². The Hall–Kier alpha value is -2.50. The molecule has 0 bridgehead atoms. The van der Waals surface area contributed by atoms with Crippen molar-refractivity contribution in [3.63, 3.8) is 0 Å². The fraction of sp³-hybridized carbons (Fsp3) is 0.308. The summed E-state index contributed by atoms with van der Waals surface area (Å²) in [5.74, 6) is -0.480. The summed E-state index contributed by atoms with van der Waals surface area (Å²) >= 11 is 6.70. The van der Waals surface area contributed by atoms with E-state index in [-0.39, 0.29) is 6.04 Å². The molecule has 0 radical (unpaired) electrons. The maximum atomic E-state index is 13.1. The van der Waals surface area contributed by atoms with Gasteiger partial charge >= 0.3 is 6.18 Å². The lowest BCUT2D eigenvalue weighted by atomic mass is 9.71. The Morgan fingerprint density at radius 2 is 1.84 bits per heavy atom. The number of aryl methyl sites for hydroxylation is 1. The van der Waals surface area contributed by atoms with Gasteiger partial charge in [0.15, 0.2) is 0 Å². The molecule has 0 saturated heterocycles. The summed E-state index contributed by atoms with van der Waals surface area (Å²) in [4.78, 5) is 0. The molecule has 0 fully saturated rings. The largest absolute Gasteiger partial charge is 0.389 e. The van der Waals surface area contributed by atoms with Crippen LogP contribution in [-0.4, -0.2) is 12.2 Å². The molecule has 2 atom stereocenters. The SMILES string of the molecule is NC1CC(CC(F)(F)F)CC2=C1CCc1c2ccc2c(C3=CC=CC=CN3)ccc(Cl)c12. The van der Waals surface area contributed by atoms with E-state index in [1.165, 1.54) is 0 Å². The Kier molecular flexibility index (Phi) is 5.42. The van der Waals surface area contributed by atoms with Crippen LogP contribution in [0.1, 0.15) is 42.4 Å². The molecule has 2 aromatic carbocycles. The maximum absolute atomic E-state index is 13.1. The minimum Gasteiger partial charge on any atom is -0.361 e. The van der Waals surface area contributed by atoms with Gasteiger partial charge in [0.1, 0.15) is 0 Å². The van der Waals surface area contributed by atoms with Gasteiger partial charge in [0.05, 0.1) is 0 Å². The van der Waals surface area contributed by atoms with Crippen molar-refractivity contribution in [1.82, 2.24) is 5.32 Å². The molecular weight excluding hydrogens is 433 g/mol. The van der Waals surface area contributed by atoms with Gasteiger partial charge in [0.25, 0.3) is 0 Å². The van der Waals surface area contributed by atoms with Crippen LogP contribution in [0.15, 0.2) is 60.3 Å². The van der Waals surface area contributed by atoms with Gasteiger partial charge in [0.2, 0.25) is 0 Å². The van der Waals surface area contributed by atoms with Crippen molar-refractivity contribution in [1.29, 1.82) is 0 Å². The number of hydrogen-bond acceptors (Lipinski definition) is 2. The molecular formula is C26H24ClF3N2. The zero-order valence-electron chi connectivity index (χ0n) is 17.5. The fourth-order valence-corrected chi connectivity index (χ4v) is 5.75. The smallest absolute Gasteiger partial charge is 0.361 e. The average Bonchev–Trinajstić information content (AvgIpc) is 3.01. The number of allylic oxidation sites excluding steroid dienone is 5. The highest BCUT2D eigenvalue weighted by atomic mass is 35.5. The minimum absolute atomic E-state index is 0.310.